The van der Waals surface area contributed by atoms with E-state index in [1.165, 1.54) is 6.07 Å². The second-order valence-electron chi connectivity index (χ2n) is 4.34. The van der Waals surface area contributed by atoms with Gasteiger partial charge in [-0.3, -0.25) is 4.90 Å². The van der Waals surface area contributed by atoms with Crippen LogP contribution in [0.2, 0.25) is 5.02 Å². The molecule has 4 heteroatoms. The molecule has 2 nitrogen and oxygen atoms in total. The van der Waals surface area contributed by atoms with Gasteiger partial charge in [0.2, 0.25) is 0 Å². The molecule has 1 aromatic rings. The zero-order chi connectivity index (χ0) is 11.5. The molecule has 1 aliphatic rings. The Kier molecular flexibility index (Phi) is 3.79. The molecule has 0 amide bonds. The summed E-state index contributed by atoms with van der Waals surface area (Å²) in [5.41, 5.74) is 1.07. The number of rotatable bonds is 2. The van der Waals surface area contributed by atoms with Crippen LogP contribution in [0.4, 0.5) is 4.39 Å². The summed E-state index contributed by atoms with van der Waals surface area (Å²) >= 11 is 5.75. The fourth-order valence-corrected chi connectivity index (χ4v) is 2.26. The van der Waals surface area contributed by atoms with E-state index in [9.17, 15) is 4.39 Å². The molecule has 16 heavy (non-hydrogen) atoms. The van der Waals surface area contributed by atoms with E-state index < -0.39 is 0 Å². The number of hydrogen-bond acceptors (Lipinski definition) is 2. The van der Waals surface area contributed by atoms with E-state index in [1.807, 2.05) is 0 Å². The monoisotopic (exact) mass is 242 g/mol. The van der Waals surface area contributed by atoms with Crippen LogP contribution >= 0.6 is 11.6 Å². The number of halogens is 2. The Bertz CT molecular complexity index is 370. The Morgan fingerprint density at radius 3 is 3.06 bits per heavy atom. The van der Waals surface area contributed by atoms with Crippen molar-refractivity contribution in [2.45, 2.75) is 19.5 Å². The summed E-state index contributed by atoms with van der Waals surface area (Å²) in [5, 5.41) is 3.60. The molecular weight excluding hydrogens is 227 g/mol. The van der Waals surface area contributed by atoms with Crippen molar-refractivity contribution in [3.05, 3.63) is 34.6 Å². The molecule has 2 rings (SSSR count). The van der Waals surface area contributed by atoms with Crippen LogP contribution in [0.25, 0.3) is 0 Å². The van der Waals surface area contributed by atoms with Gasteiger partial charge in [0.05, 0.1) is 5.02 Å². The number of hydrogen-bond donors (Lipinski definition) is 1. The van der Waals surface area contributed by atoms with E-state index in [-0.39, 0.29) is 10.8 Å². The van der Waals surface area contributed by atoms with Crippen molar-refractivity contribution in [2.75, 3.05) is 19.6 Å². The van der Waals surface area contributed by atoms with Crippen molar-refractivity contribution in [1.82, 2.24) is 10.2 Å². The molecule has 1 heterocycles. The summed E-state index contributed by atoms with van der Waals surface area (Å²) in [6.07, 6.45) is 0. The molecular formula is C12H16ClFN2. The lowest BCUT2D eigenvalue weighted by atomic mass is 10.1. The Morgan fingerprint density at radius 2 is 2.38 bits per heavy atom. The van der Waals surface area contributed by atoms with Crippen molar-refractivity contribution in [3.63, 3.8) is 0 Å². The van der Waals surface area contributed by atoms with Gasteiger partial charge in [-0.05, 0) is 24.6 Å². The molecule has 0 aromatic heterocycles. The standard InChI is InChI=1S/C12H16ClFN2/c1-9-7-16(5-4-15-9)8-10-2-3-12(14)11(13)6-10/h2-3,6,9,15H,4-5,7-8H2,1H3. The highest BCUT2D eigenvalue weighted by Gasteiger charge is 2.15. The molecule has 88 valence electrons. The molecule has 0 spiro atoms. The van der Waals surface area contributed by atoms with Crippen molar-refractivity contribution in [2.24, 2.45) is 0 Å². The second kappa shape index (κ2) is 5.13. The van der Waals surface area contributed by atoms with E-state index in [4.69, 9.17) is 11.6 Å². The fourth-order valence-electron chi connectivity index (χ4n) is 2.05. The highest BCUT2D eigenvalue weighted by atomic mass is 35.5. The summed E-state index contributed by atoms with van der Waals surface area (Å²) in [6.45, 7) is 6.07. The van der Waals surface area contributed by atoms with Crippen LogP contribution in [0.3, 0.4) is 0 Å². The zero-order valence-electron chi connectivity index (χ0n) is 9.34. The van der Waals surface area contributed by atoms with Crippen molar-refractivity contribution >= 4 is 11.6 Å². The third-order valence-electron chi connectivity index (χ3n) is 2.84. The van der Waals surface area contributed by atoms with Crippen LogP contribution in [0.15, 0.2) is 18.2 Å². The molecule has 0 bridgehead atoms. The molecule has 1 aromatic carbocycles. The summed E-state index contributed by atoms with van der Waals surface area (Å²) < 4.78 is 13.0. The van der Waals surface area contributed by atoms with Gasteiger partial charge in [-0.2, -0.15) is 0 Å². The maximum absolute atomic E-state index is 13.0. The van der Waals surface area contributed by atoms with Crippen molar-refractivity contribution < 1.29 is 4.39 Å². The van der Waals surface area contributed by atoms with Crippen LogP contribution in [0.1, 0.15) is 12.5 Å². The van der Waals surface area contributed by atoms with Crippen molar-refractivity contribution in [1.29, 1.82) is 0 Å². The summed E-state index contributed by atoms with van der Waals surface area (Å²) in [4.78, 5) is 2.35. The van der Waals surface area contributed by atoms with E-state index in [2.05, 4.69) is 17.1 Å². The zero-order valence-corrected chi connectivity index (χ0v) is 10.1. The summed E-state index contributed by atoms with van der Waals surface area (Å²) in [5.74, 6) is -0.348. The minimum absolute atomic E-state index is 0.209. The Hall–Kier alpha value is -0.640. The molecule has 1 fully saturated rings. The average molecular weight is 243 g/mol. The molecule has 1 atom stereocenters. The molecule has 1 unspecified atom stereocenters. The quantitative estimate of drug-likeness (QED) is 0.856. The fraction of sp³-hybridized carbons (Fsp3) is 0.500. The van der Waals surface area contributed by atoms with Gasteiger partial charge in [0.15, 0.2) is 0 Å². The van der Waals surface area contributed by atoms with Crippen molar-refractivity contribution in [3.8, 4) is 0 Å². The third kappa shape index (κ3) is 2.94. The van der Waals surface area contributed by atoms with Crippen LogP contribution in [-0.2, 0) is 6.54 Å². The second-order valence-corrected chi connectivity index (χ2v) is 4.75. The van der Waals surface area contributed by atoms with E-state index in [1.54, 1.807) is 12.1 Å². The molecule has 0 aliphatic carbocycles. The summed E-state index contributed by atoms with van der Waals surface area (Å²) in [6, 6.07) is 5.46. The lowest BCUT2D eigenvalue weighted by Gasteiger charge is -2.31. The van der Waals surface area contributed by atoms with Gasteiger partial charge in [0.25, 0.3) is 0 Å². The van der Waals surface area contributed by atoms with Gasteiger partial charge in [0.1, 0.15) is 5.82 Å². The predicted octanol–water partition coefficient (Wildman–Crippen LogP) is 2.27. The minimum Gasteiger partial charge on any atom is -0.312 e. The topological polar surface area (TPSA) is 15.3 Å². The van der Waals surface area contributed by atoms with Gasteiger partial charge < -0.3 is 5.32 Å². The lowest BCUT2D eigenvalue weighted by molar-refractivity contribution is 0.199. The van der Waals surface area contributed by atoms with Crippen LogP contribution < -0.4 is 5.32 Å². The smallest absolute Gasteiger partial charge is 0.141 e. The number of piperazine rings is 1. The Labute approximate surface area is 100 Å². The first-order chi connectivity index (χ1) is 7.65. The highest BCUT2D eigenvalue weighted by molar-refractivity contribution is 6.30. The van der Waals surface area contributed by atoms with Crippen LogP contribution in [0.5, 0.6) is 0 Å². The molecule has 0 saturated carbocycles. The van der Waals surface area contributed by atoms with E-state index in [0.29, 0.717) is 6.04 Å². The first kappa shape index (κ1) is 11.8. The number of nitrogens with one attached hydrogen (secondary N) is 1. The Balaban J connectivity index is 2.00. The van der Waals surface area contributed by atoms with Gasteiger partial charge in [-0.25, -0.2) is 4.39 Å². The minimum atomic E-state index is -0.348. The average Bonchev–Trinajstić information content (AvgIpc) is 2.24. The van der Waals surface area contributed by atoms with Crippen LogP contribution in [-0.4, -0.2) is 30.6 Å². The lowest BCUT2D eigenvalue weighted by Crippen LogP contribution is -2.48. The third-order valence-corrected chi connectivity index (χ3v) is 3.13. The molecule has 1 aliphatic heterocycles. The van der Waals surface area contributed by atoms with Gasteiger partial charge in [-0.15, -0.1) is 0 Å². The highest BCUT2D eigenvalue weighted by Crippen LogP contribution is 2.17. The largest absolute Gasteiger partial charge is 0.312 e. The van der Waals surface area contributed by atoms with Gasteiger partial charge in [0, 0.05) is 32.2 Å². The Morgan fingerprint density at radius 1 is 1.56 bits per heavy atom. The first-order valence-electron chi connectivity index (χ1n) is 5.55. The summed E-state index contributed by atoms with van der Waals surface area (Å²) in [7, 11) is 0. The van der Waals surface area contributed by atoms with Gasteiger partial charge in [-0.1, -0.05) is 17.7 Å². The molecule has 1 N–H and O–H groups in total. The maximum atomic E-state index is 13.0. The van der Waals surface area contributed by atoms with Gasteiger partial charge >= 0.3 is 0 Å². The number of benzene rings is 1. The number of nitrogens with zero attached hydrogens (tertiary/aromatic N) is 1. The molecule has 0 radical (unpaired) electrons. The first-order valence-corrected chi connectivity index (χ1v) is 5.92. The normalized spacial score (nSPS) is 22.3. The SMILES string of the molecule is CC1CN(Cc2ccc(F)c(Cl)c2)CCN1. The predicted molar refractivity (Wildman–Crippen MR) is 64.2 cm³/mol. The van der Waals surface area contributed by atoms with E-state index >= 15 is 0 Å². The maximum Gasteiger partial charge on any atom is 0.141 e. The molecule has 1 saturated heterocycles. The van der Waals surface area contributed by atoms with E-state index in [0.717, 1.165) is 31.7 Å². The van der Waals surface area contributed by atoms with Crippen LogP contribution in [0, 0.1) is 5.82 Å².